The number of hydrogen-bond donors (Lipinski definition) is 0. The Hall–Kier alpha value is -1.54. The lowest BCUT2D eigenvalue weighted by Crippen LogP contribution is -2.19. The van der Waals surface area contributed by atoms with Gasteiger partial charge in [0.05, 0.1) is 23.2 Å². The van der Waals surface area contributed by atoms with E-state index in [1.165, 1.54) is 0 Å². The van der Waals surface area contributed by atoms with Crippen LogP contribution in [-0.2, 0) is 9.84 Å². The summed E-state index contributed by atoms with van der Waals surface area (Å²) >= 11 is 0. The largest absolute Gasteiger partial charge is 0.492 e. The first-order valence-corrected chi connectivity index (χ1v) is 7.52. The molecule has 0 radical (unpaired) electrons. The normalized spacial score (nSPS) is 11.2. The quantitative estimate of drug-likeness (QED) is 0.741. The van der Waals surface area contributed by atoms with Crippen LogP contribution in [0, 0.1) is 11.3 Å². The highest BCUT2D eigenvalue weighted by Crippen LogP contribution is 2.16. The first kappa shape index (κ1) is 14.5. The summed E-state index contributed by atoms with van der Waals surface area (Å²) in [6.45, 7) is 3.63. The third-order valence-electron chi connectivity index (χ3n) is 2.56. The first-order chi connectivity index (χ1) is 8.47. The molecular formula is C13H17NO3S. The van der Waals surface area contributed by atoms with Gasteiger partial charge in [-0.3, -0.25) is 0 Å². The van der Waals surface area contributed by atoms with Gasteiger partial charge in [-0.2, -0.15) is 5.26 Å². The van der Waals surface area contributed by atoms with E-state index in [4.69, 9.17) is 10.00 Å². The number of para-hydroxylation sites is 1. The number of nitriles is 1. The zero-order valence-electron chi connectivity index (χ0n) is 10.6. The van der Waals surface area contributed by atoms with Crippen LogP contribution in [0.1, 0.15) is 25.8 Å². The summed E-state index contributed by atoms with van der Waals surface area (Å²) in [6.07, 6.45) is 0.431. The molecule has 0 aliphatic heterocycles. The predicted octanol–water partition coefficient (Wildman–Crippen LogP) is 2.15. The molecule has 4 nitrogen and oxygen atoms in total. The number of rotatable bonds is 6. The summed E-state index contributed by atoms with van der Waals surface area (Å²) in [4.78, 5) is 0. The lowest BCUT2D eigenvalue weighted by atomic mass is 10.2. The summed E-state index contributed by atoms with van der Waals surface area (Å²) in [5.74, 6) is 0.612. The minimum atomic E-state index is -3.01. The molecule has 1 aromatic rings. The molecule has 0 bridgehead atoms. The molecule has 0 amide bonds. The molecule has 0 N–H and O–H groups in total. The highest BCUT2D eigenvalue weighted by Gasteiger charge is 2.15. The van der Waals surface area contributed by atoms with E-state index in [1.54, 1.807) is 38.1 Å². The maximum Gasteiger partial charge on any atom is 0.152 e. The highest BCUT2D eigenvalue weighted by molar-refractivity contribution is 7.91. The fourth-order valence-corrected chi connectivity index (χ4v) is 2.35. The van der Waals surface area contributed by atoms with Crippen molar-refractivity contribution >= 4 is 9.84 Å². The Morgan fingerprint density at radius 2 is 2.00 bits per heavy atom. The molecule has 0 aromatic heterocycles. The molecule has 98 valence electrons. The van der Waals surface area contributed by atoms with Crippen LogP contribution < -0.4 is 4.74 Å². The molecule has 18 heavy (non-hydrogen) atoms. The maximum atomic E-state index is 11.6. The minimum absolute atomic E-state index is 0.111. The van der Waals surface area contributed by atoms with Gasteiger partial charge in [-0.25, -0.2) is 8.42 Å². The van der Waals surface area contributed by atoms with Gasteiger partial charge in [0.25, 0.3) is 0 Å². The van der Waals surface area contributed by atoms with Gasteiger partial charge in [0.2, 0.25) is 0 Å². The van der Waals surface area contributed by atoms with Crippen molar-refractivity contribution in [3.63, 3.8) is 0 Å². The second-order valence-electron chi connectivity index (χ2n) is 4.23. The molecular weight excluding hydrogens is 250 g/mol. The van der Waals surface area contributed by atoms with Crippen molar-refractivity contribution in [3.05, 3.63) is 29.8 Å². The van der Waals surface area contributed by atoms with Gasteiger partial charge in [0.15, 0.2) is 9.84 Å². The number of ether oxygens (including phenoxy) is 1. The van der Waals surface area contributed by atoms with Crippen molar-refractivity contribution in [3.8, 4) is 11.8 Å². The van der Waals surface area contributed by atoms with Gasteiger partial charge >= 0.3 is 0 Å². The molecule has 0 fully saturated rings. The summed E-state index contributed by atoms with van der Waals surface area (Å²) in [5.41, 5.74) is 0.462. The highest BCUT2D eigenvalue weighted by atomic mass is 32.2. The Labute approximate surface area is 108 Å². The average Bonchev–Trinajstić information content (AvgIpc) is 2.35. The maximum absolute atomic E-state index is 11.6. The van der Waals surface area contributed by atoms with Gasteiger partial charge in [0.1, 0.15) is 11.8 Å². The Balaban J connectivity index is 2.46. The number of sulfone groups is 1. The Morgan fingerprint density at radius 1 is 1.33 bits per heavy atom. The van der Waals surface area contributed by atoms with Gasteiger partial charge in [0, 0.05) is 0 Å². The van der Waals surface area contributed by atoms with E-state index in [-0.39, 0.29) is 11.0 Å². The number of nitrogens with zero attached hydrogens (tertiary/aromatic N) is 1. The third kappa shape index (κ3) is 4.04. The van der Waals surface area contributed by atoms with E-state index in [1.807, 2.05) is 6.07 Å². The topological polar surface area (TPSA) is 67.2 Å². The molecule has 1 aromatic carbocycles. The van der Waals surface area contributed by atoms with Crippen molar-refractivity contribution in [1.82, 2.24) is 0 Å². The van der Waals surface area contributed by atoms with E-state index in [2.05, 4.69) is 0 Å². The van der Waals surface area contributed by atoms with Gasteiger partial charge in [-0.05, 0) is 32.4 Å². The minimum Gasteiger partial charge on any atom is -0.492 e. The molecule has 0 saturated carbocycles. The lowest BCUT2D eigenvalue weighted by molar-refractivity contribution is 0.316. The molecule has 0 atom stereocenters. The van der Waals surface area contributed by atoms with E-state index in [9.17, 15) is 8.42 Å². The third-order valence-corrected chi connectivity index (χ3v) is 4.85. The SMILES string of the molecule is CC(C)S(=O)(=O)CCCOc1ccccc1C#N. The molecule has 0 aliphatic carbocycles. The standard InChI is InChI=1S/C13H17NO3S/c1-11(2)18(15,16)9-5-8-17-13-7-4-3-6-12(13)10-14/h3-4,6-7,11H,5,8-9H2,1-2H3. The van der Waals surface area contributed by atoms with Gasteiger partial charge in [-0.15, -0.1) is 0 Å². The van der Waals surface area contributed by atoms with E-state index < -0.39 is 9.84 Å². The van der Waals surface area contributed by atoms with Gasteiger partial charge < -0.3 is 4.74 Å². The molecule has 0 spiro atoms. The number of benzene rings is 1. The summed E-state index contributed by atoms with van der Waals surface area (Å²) < 4.78 is 28.5. The second kappa shape index (κ2) is 6.41. The summed E-state index contributed by atoms with van der Waals surface area (Å²) in [6, 6.07) is 8.94. The van der Waals surface area contributed by atoms with Crippen LogP contribution in [0.2, 0.25) is 0 Å². The van der Waals surface area contributed by atoms with E-state index in [0.29, 0.717) is 24.3 Å². The first-order valence-electron chi connectivity index (χ1n) is 5.81. The molecule has 0 saturated heterocycles. The van der Waals surface area contributed by atoms with Crippen LogP contribution in [0.5, 0.6) is 5.75 Å². The predicted molar refractivity (Wildman–Crippen MR) is 70.2 cm³/mol. The van der Waals surface area contributed by atoms with Crippen molar-refractivity contribution in [2.75, 3.05) is 12.4 Å². The monoisotopic (exact) mass is 267 g/mol. The van der Waals surface area contributed by atoms with E-state index >= 15 is 0 Å². The van der Waals surface area contributed by atoms with Gasteiger partial charge in [-0.1, -0.05) is 12.1 Å². The molecule has 0 aliphatic rings. The number of hydrogen-bond acceptors (Lipinski definition) is 4. The lowest BCUT2D eigenvalue weighted by Gasteiger charge is -2.09. The smallest absolute Gasteiger partial charge is 0.152 e. The molecule has 5 heteroatoms. The zero-order chi connectivity index (χ0) is 13.6. The Kier molecular flexibility index (Phi) is 5.17. The van der Waals surface area contributed by atoms with Crippen molar-refractivity contribution in [2.24, 2.45) is 0 Å². The van der Waals surface area contributed by atoms with Crippen molar-refractivity contribution in [2.45, 2.75) is 25.5 Å². The molecule has 0 unspecified atom stereocenters. The van der Waals surface area contributed by atoms with Crippen LogP contribution in [0.15, 0.2) is 24.3 Å². The van der Waals surface area contributed by atoms with Crippen molar-refractivity contribution in [1.29, 1.82) is 5.26 Å². The molecule has 1 rings (SSSR count). The Morgan fingerprint density at radius 3 is 2.61 bits per heavy atom. The van der Waals surface area contributed by atoms with Crippen LogP contribution in [-0.4, -0.2) is 26.0 Å². The fourth-order valence-electron chi connectivity index (χ4n) is 1.36. The average molecular weight is 267 g/mol. The van der Waals surface area contributed by atoms with Crippen LogP contribution in [0.25, 0.3) is 0 Å². The van der Waals surface area contributed by atoms with Crippen LogP contribution in [0.4, 0.5) is 0 Å². The molecule has 0 heterocycles. The fraction of sp³-hybridized carbons (Fsp3) is 0.462. The summed E-state index contributed by atoms with van der Waals surface area (Å²) in [7, 11) is -3.01. The zero-order valence-corrected chi connectivity index (χ0v) is 11.4. The van der Waals surface area contributed by atoms with Crippen molar-refractivity contribution < 1.29 is 13.2 Å². The second-order valence-corrected chi connectivity index (χ2v) is 6.90. The van der Waals surface area contributed by atoms with E-state index in [0.717, 1.165) is 0 Å². The van der Waals surface area contributed by atoms with Crippen LogP contribution in [0.3, 0.4) is 0 Å². The summed E-state index contributed by atoms with van der Waals surface area (Å²) in [5, 5.41) is 8.49. The Bertz CT molecular complexity index is 529. The van der Waals surface area contributed by atoms with Crippen LogP contribution >= 0.6 is 0 Å².